The minimum Gasteiger partial charge on any atom is -0.317 e. The van der Waals surface area contributed by atoms with E-state index in [2.05, 4.69) is 31.0 Å². The lowest BCUT2D eigenvalue weighted by atomic mass is 9.60. The molecular formula is C19H34N2. The Labute approximate surface area is 131 Å². The lowest BCUT2D eigenvalue weighted by Gasteiger charge is -2.53. The maximum Gasteiger partial charge on any atom is 0.0106 e. The van der Waals surface area contributed by atoms with Crippen molar-refractivity contribution in [3.05, 3.63) is 0 Å². The third-order valence-corrected chi connectivity index (χ3v) is 7.52. The van der Waals surface area contributed by atoms with Crippen molar-refractivity contribution in [2.24, 2.45) is 28.6 Å². The van der Waals surface area contributed by atoms with Crippen molar-refractivity contribution in [2.75, 3.05) is 26.2 Å². The van der Waals surface area contributed by atoms with Crippen LogP contribution in [0.2, 0.25) is 0 Å². The van der Waals surface area contributed by atoms with Crippen molar-refractivity contribution in [3.8, 4) is 0 Å². The zero-order chi connectivity index (χ0) is 14.7. The van der Waals surface area contributed by atoms with Crippen LogP contribution in [0, 0.1) is 28.6 Å². The Morgan fingerprint density at radius 2 is 1.52 bits per heavy atom. The SMILES string of the molecule is CC(C)(C)C1CC2CN(C3CC4(CCNCC4)C3)CC2C1. The van der Waals surface area contributed by atoms with E-state index in [0.29, 0.717) is 5.41 Å². The summed E-state index contributed by atoms with van der Waals surface area (Å²) < 4.78 is 0. The molecule has 2 aliphatic carbocycles. The third kappa shape index (κ3) is 2.57. The van der Waals surface area contributed by atoms with Crippen molar-refractivity contribution in [1.82, 2.24) is 10.2 Å². The summed E-state index contributed by atoms with van der Waals surface area (Å²) in [6.45, 7) is 12.7. The van der Waals surface area contributed by atoms with Crippen LogP contribution < -0.4 is 5.32 Å². The Bertz CT molecular complexity index is 369. The molecule has 4 rings (SSSR count). The van der Waals surface area contributed by atoms with E-state index < -0.39 is 0 Å². The number of rotatable bonds is 1. The molecule has 0 aromatic rings. The predicted molar refractivity (Wildman–Crippen MR) is 88.3 cm³/mol. The highest BCUT2D eigenvalue weighted by atomic mass is 15.2. The summed E-state index contributed by atoms with van der Waals surface area (Å²) in [5.41, 5.74) is 1.28. The molecule has 2 unspecified atom stereocenters. The van der Waals surface area contributed by atoms with E-state index in [1.165, 1.54) is 64.7 Å². The quantitative estimate of drug-likeness (QED) is 0.795. The van der Waals surface area contributed by atoms with Gasteiger partial charge in [0.2, 0.25) is 0 Å². The zero-order valence-electron chi connectivity index (χ0n) is 14.3. The van der Waals surface area contributed by atoms with Crippen LogP contribution in [0.15, 0.2) is 0 Å². The Morgan fingerprint density at radius 1 is 0.952 bits per heavy atom. The highest BCUT2D eigenvalue weighted by Crippen LogP contribution is 2.54. The molecule has 0 radical (unpaired) electrons. The van der Waals surface area contributed by atoms with E-state index in [-0.39, 0.29) is 0 Å². The third-order valence-electron chi connectivity index (χ3n) is 7.52. The Balaban J connectivity index is 1.30. The lowest BCUT2D eigenvalue weighted by Crippen LogP contribution is -2.54. The number of fused-ring (bicyclic) bond motifs is 1. The predicted octanol–water partition coefficient (Wildman–Crippen LogP) is 3.52. The van der Waals surface area contributed by atoms with Crippen molar-refractivity contribution in [2.45, 2.75) is 65.3 Å². The fourth-order valence-corrected chi connectivity index (χ4v) is 5.90. The van der Waals surface area contributed by atoms with Crippen LogP contribution in [0.3, 0.4) is 0 Å². The van der Waals surface area contributed by atoms with Crippen molar-refractivity contribution in [1.29, 1.82) is 0 Å². The molecule has 2 aliphatic heterocycles. The van der Waals surface area contributed by atoms with E-state index >= 15 is 0 Å². The van der Waals surface area contributed by atoms with Gasteiger partial charge < -0.3 is 5.32 Å². The van der Waals surface area contributed by atoms with E-state index in [1.54, 1.807) is 0 Å². The smallest absolute Gasteiger partial charge is 0.0106 e. The van der Waals surface area contributed by atoms with Crippen molar-refractivity contribution < 1.29 is 0 Å². The highest BCUT2D eigenvalue weighted by Gasteiger charge is 2.51. The summed E-state index contributed by atoms with van der Waals surface area (Å²) in [6, 6.07) is 0.946. The maximum atomic E-state index is 3.53. The first-order valence-electron chi connectivity index (χ1n) is 9.40. The van der Waals surface area contributed by atoms with Gasteiger partial charge in [0.1, 0.15) is 0 Å². The zero-order valence-corrected chi connectivity index (χ0v) is 14.3. The fourth-order valence-electron chi connectivity index (χ4n) is 5.90. The van der Waals surface area contributed by atoms with Gasteiger partial charge in [-0.15, -0.1) is 0 Å². The molecule has 1 spiro atoms. The molecular weight excluding hydrogens is 256 g/mol. The standard InChI is InChI=1S/C19H34N2/c1-18(2,3)16-8-14-12-21(13-15(14)9-16)17-10-19(11-17)4-6-20-7-5-19/h14-17,20H,4-13H2,1-3H3. The fraction of sp³-hybridized carbons (Fsp3) is 1.00. The first kappa shape index (κ1) is 14.5. The number of likely N-dealkylation sites (tertiary alicyclic amines) is 1. The Morgan fingerprint density at radius 3 is 2.05 bits per heavy atom. The summed E-state index contributed by atoms with van der Waals surface area (Å²) in [4.78, 5) is 2.89. The van der Waals surface area contributed by atoms with E-state index in [0.717, 1.165) is 29.2 Å². The molecule has 0 bridgehead atoms. The van der Waals surface area contributed by atoms with Crippen molar-refractivity contribution in [3.63, 3.8) is 0 Å². The first-order chi connectivity index (χ1) is 9.95. The number of hydrogen-bond donors (Lipinski definition) is 1. The van der Waals surface area contributed by atoms with Crippen LogP contribution in [-0.2, 0) is 0 Å². The molecule has 2 atom stereocenters. The van der Waals surface area contributed by atoms with Crippen molar-refractivity contribution >= 4 is 0 Å². The molecule has 4 fully saturated rings. The molecule has 0 aromatic carbocycles. The highest BCUT2D eigenvalue weighted by molar-refractivity contribution is 5.04. The summed E-state index contributed by atoms with van der Waals surface area (Å²) in [7, 11) is 0. The van der Waals surface area contributed by atoms with Gasteiger partial charge in [0.25, 0.3) is 0 Å². The summed E-state index contributed by atoms with van der Waals surface area (Å²) in [5, 5.41) is 3.53. The van der Waals surface area contributed by atoms with Crippen LogP contribution in [0.25, 0.3) is 0 Å². The first-order valence-corrected chi connectivity index (χ1v) is 9.40. The van der Waals surface area contributed by atoms with Gasteiger partial charge in [0.05, 0.1) is 0 Å². The van der Waals surface area contributed by atoms with Gasteiger partial charge in [-0.2, -0.15) is 0 Å². The minimum absolute atomic E-state index is 0.533. The molecule has 2 nitrogen and oxygen atoms in total. The van der Waals surface area contributed by atoms with Gasteiger partial charge in [0.15, 0.2) is 0 Å². The van der Waals surface area contributed by atoms with Crippen LogP contribution in [-0.4, -0.2) is 37.1 Å². The molecule has 0 aromatic heterocycles. The lowest BCUT2D eigenvalue weighted by molar-refractivity contribution is -0.0151. The second-order valence-corrected chi connectivity index (χ2v) is 9.82. The second kappa shape index (κ2) is 4.96. The molecule has 4 aliphatic rings. The van der Waals surface area contributed by atoms with Gasteiger partial charge in [-0.25, -0.2) is 0 Å². The largest absolute Gasteiger partial charge is 0.317 e. The van der Waals surface area contributed by atoms with Crippen LogP contribution in [0.5, 0.6) is 0 Å². The summed E-state index contributed by atoms with van der Waals surface area (Å²) >= 11 is 0. The molecule has 2 saturated carbocycles. The van der Waals surface area contributed by atoms with E-state index in [1.807, 2.05) is 0 Å². The number of nitrogens with one attached hydrogen (secondary N) is 1. The van der Waals surface area contributed by atoms with Gasteiger partial charge in [-0.1, -0.05) is 20.8 Å². The second-order valence-electron chi connectivity index (χ2n) is 9.82. The minimum atomic E-state index is 0.533. The summed E-state index contributed by atoms with van der Waals surface area (Å²) in [6.07, 6.45) is 8.92. The topological polar surface area (TPSA) is 15.3 Å². The average molecular weight is 290 g/mol. The molecule has 21 heavy (non-hydrogen) atoms. The molecule has 2 heterocycles. The van der Waals surface area contributed by atoms with Gasteiger partial charge in [-0.05, 0) is 80.2 Å². The Kier molecular flexibility index (Phi) is 3.43. The number of piperidine rings is 1. The normalized spacial score (nSPS) is 40.4. The monoisotopic (exact) mass is 290 g/mol. The summed E-state index contributed by atoms with van der Waals surface area (Å²) in [5.74, 6) is 3.03. The molecule has 2 saturated heterocycles. The van der Waals surface area contributed by atoms with E-state index in [9.17, 15) is 0 Å². The van der Waals surface area contributed by atoms with Gasteiger partial charge >= 0.3 is 0 Å². The van der Waals surface area contributed by atoms with Crippen LogP contribution in [0.1, 0.15) is 59.3 Å². The van der Waals surface area contributed by atoms with Gasteiger partial charge in [0, 0.05) is 19.1 Å². The number of nitrogens with zero attached hydrogens (tertiary/aromatic N) is 1. The number of hydrogen-bond acceptors (Lipinski definition) is 2. The van der Waals surface area contributed by atoms with Gasteiger partial charge in [-0.3, -0.25) is 4.90 Å². The average Bonchev–Trinajstić information content (AvgIpc) is 2.94. The molecule has 120 valence electrons. The van der Waals surface area contributed by atoms with Crippen LogP contribution >= 0.6 is 0 Å². The molecule has 0 amide bonds. The van der Waals surface area contributed by atoms with E-state index in [4.69, 9.17) is 0 Å². The maximum absolute atomic E-state index is 3.53. The Hall–Kier alpha value is -0.0800. The molecule has 1 N–H and O–H groups in total. The molecule has 2 heteroatoms. The van der Waals surface area contributed by atoms with Crippen LogP contribution in [0.4, 0.5) is 0 Å².